The number of carbonyl (C=O) groups excluding carboxylic acids is 1. The second kappa shape index (κ2) is 48.7. The number of hydrogen-bond acceptors (Lipinski definition) is 6. The lowest BCUT2D eigenvalue weighted by molar-refractivity contribution is -0.870. The maximum absolute atomic E-state index is 12.9. The van der Waals surface area contributed by atoms with Gasteiger partial charge in [-0.3, -0.25) is 9.36 Å². The molecular weight excluding hydrogens is 864 g/mol. The molecule has 0 spiro atoms. The van der Waals surface area contributed by atoms with Gasteiger partial charge in [-0.15, -0.1) is 0 Å². The number of hydrogen-bond donors (Lipinski definition) is 2. The number of phosphoric acid groups is 1. The highest BCUT2D eigenvalue weighted by Crippen LogP contribution is 2.38. The Morgan fingerprint density at radius 1 is 0.529 bits per heavy atom. The summed E-state index contributed by atoms with van der Waals surface area (Å²) >= 11 is 0. The fourth-order valence-electron chi connectivity index (χ4n) is 6.68. The number of allylic oxidation sites excluding steroid dienone is 21. The van der Waals surface area contributed by atoms with E-state index >= 15 is 0 Å². The predicted octanol–water partition coefficient (Wildman–Crippen LogP) is 15.3. The van der Waals surface area contributed by atoms with Crippen LogP contribution in [0.25, 0.3) is 0 Å². The molecule has 0 radical (unpaired) electrons. The summed E-state index contributed by atoms with van der Waals surface area (Å²) in [4.78, 5) is 25.4. The molecule has 0 aromatic heterocycles. The molecule has 386 valence electrons. The minimum atomic E-state index is -4.61. The van der Waals surface area contributed by atoms with E-state index in [1.165, 1.54) is 38.5 Å². The monoisotopic (exact) mass is 963 g/mol. The van der Waals surface area contributed by atoms with Crippen molar-refractivity contribution >= 4 is 13.7 Å². The highest BCUT2D eigenvalue weighted by atomic mass is 31.2. The molecule has 68 heavy (non-hydrogen) atoms. The second-order valence-corrected chi connectivity index (χ2v) is 19.9. The molecule has 0 heterocycles. The SMILES string of the molecule is CC/C=C\C/C=C\C/C=C\C/C=C\C/C=C\C/C=C\C/C=C\C/C=C\CCCCCCCCCCCCC(=O)NC(COP(=O)([O-])OCC[N+](C)(C)C)C(O)/C=C/CC/C=C/CC/C=C/CCC. The number of unbranched alkanes of at least 4 members (excludes halogenated alkanes) is 13. The van der Waals surface area contributed by atoms with Crippen molar-refractivity contribution in [2.75, 3.05) is 40.9 Å². The third-order valence-electron chi connectivity index (χ3n) is 10.8. The van der Waals surface area contributed by atoms with E-state index < -0.39 is 26.6 Å². The normalized spacial score (nSPS) is 15.1. The molecular formula is C59H99N2O6P. The van der Waals surface area contributed by atoms with Gasteiger partial charge in [-0.2, -0.15) is 0 Å². The van der Waals surface area contributed by atoms with E-state index in [9.17, 15) is 19.4 Å². The maximum atomic E-state index is 12.9. The Morgan fingerprint density at radius 3 is 1.35 bits per heavy atom. The van der Waals surface area contributed by atoms with Gasteiger partial charge in [0.1, 0.15) is 13.2 Å². The number of amides is 1. The largest absolute Gasteiger partial charge is 0.756 e. The first-order valence-corrected chi connectivity index (χ1v) is 28.0. The number of rotatable bonds is 46. The Morgan fingerprint density at radius 2 is 0.912 bits per heavy atom. The van der Waals surface area contributed by atoms with Crippen LogP contribution >= 0.6 is 7.82 Å². The standard InChI is InChI=1S/C59H99N2O6P/c1-6-8-10-12-14-16-18-19-20-21-22-23-24-25-26-27-28-29-30-31-32-33-34-35-36-37-38-39-40-41-43-45-47-49-51-53-59(63)60-57(56-67-68(64,65)66-55-54-61(3,4)5)58(62)52-50-48-46-44-42-17-15-13-11-9-7-2/h8,10-11,13-14,16,19-20,22-23,25-26,28-29,31-32,34-35,42,44,50,52,57-58,62H,6-7,9,12,15,17-18,21,24,27,30,33,36-41,43,45-49,51,53-56H2,1-5H3,(H-,60,63,64,65)/b10-8-,13-11+,16-14-,20-19-,23-22-,26-25-,29-28-,32-31-,35-34-,44-42+,52-50+. The topological polar surface area (TPSA) is 108 Å². The summed E-state index contributed by atoms with van der Waals surface area (Å²) in [5.74, 6) is -0.225. The highest BCUT2D eigenvalue weighted by Gasteiger charge is 2.23. The second-order valence-electron chi connectivity index (χ2n) is 18.5. The van der Waals surface area contributed by atoms with Gasteiger partial charge in [0.05, 0.1) is 39.9 Å². The molecule has 0 aromatic carbocycles. The number of aliphatic hydroxyl groups excluding tert-OH is 1. The van der Waals surface area contributed by atoms with Crippen LogP contribution in [0, 0.1) is 0 Å². The predicted molar refractivity (Wildman–Crippen MR) is 292 cm³/mol. The van der Waals surface area contributed by atoms with Crippen LogP contribution in [0.3, 0.4) is 0 Å². The summed E-state index contributed by atoms with van der Waals surface area (Å²) in [7, 11) is 1.21. The molecule has 3 unspecified atom stereocenters. The molecule has 0 aliphatic heterocycles. The number of likely N-dealkylation sites (N-methyl/N-ethyl adjacent to an activating group) is 1. The number of nitrogens with one attached hydrogen (secondary N) is 1. The average Bonchev–Trinajstić information content (AvgIpc) is 3.30. The molecule has 0 bridgehead atoms. The zero-order valence-electron chi connectivity index (χ0n) is 43.7. The first kappa shape index (κ1) is 64.6. The van der Waals surface area contributed by atoms with Crippen LogP contribution in [-0.2, 0) is 18.4 Å². The van der Waals surface area contributed by atoms with Crippen molar-refractivity contribution in [1.29, 1.82) is 0 Å². The number of quaternary nitrogens is 1. The molecule has 0 rings (SSSR count). The minimum absolute atomic E-state index is 0.0170. The lowest BCUT2D eigenvalue weighted by Crippen LogP contribution is -2.45. The summed E-state index contributed by atoms with van der Waals surface area (Å²) in [5, 5.41) is 13.7. The number of phosphoric ester groups is 1. The van der Waals surface area contributed by atoms with Gasteiger partial charge in [-0.05, 0) is 103 Å². The van der Waals surface area contributed by atoms with E-state index in [2.05, 4.69) is 141 Å². The van der Waals surface area contributed by atoms with Gasteiger partial charge in [-0.25, -0.2) is 0 Å². The van der Waals surface area contributed by atoms with Crippen LogP contribution in [0.15, 0.2) is 134 Å². The number of nitrogens with zero attached hydrogens (tertiary/aromatic N) is 1. The fourth-order valence-corrected chi connectivity index (χ4v) is 7.40. The molecule has 2 N–H and O–H groups in total. The third kappa shape index (κ3) is 50.5. The van der Waals surface area contributed by atoms with Crippen molar-refractivity contribution in [1.82, 2.24) is 5.32 Å². The van der Waals surface area contributed by atoms with Crippen LogP contribution in [0.2, 0.25) is 0 Å². The Hall–Kier alpha value is -3.36. The Balaban J connectivity index is 4.15. The summed E-state index contributed by atoms with van der Waals surface area (Å²) in [6, 6.07) is -0.920. The van der Waals surface area contributed by atoms with Gasteiger partial charge >= 0.3 is 0 Å². The van der Waals surface area contributed by atoms with Gasteiger partial charge < -0.3 is 28.8 Å². The van der Waals surface area contributed by atoms with Gasteiger partial charge in [-0.1, -0.05) is 205 Å². The molecule has 1 amide bonds. The van der Waals surface area contributed by atoms with Crippen molar-refractivity contribution in [2.45, 2.75) is 193 Å². The van der Waals surface area contributed by atoms with Crippen molar-refractivity contribution in [3.8, 4) is 0 Å². The third-order valence-corrected chi connectivity index (χ3v) is 11.8. The molecule has 0 saturated carbocycles. The van der Waals surface area contributed by atoms with Crippen molar-refractivity contribution in [2.24, 2.45) is 0 Å². The van der Waals surface area contributed by atoms with E-state index in [-0.39, 0.29) is 12.5 Å². The van der Waals surface area contributed by atoms with Crippen LogP contribution in [0.1, 0.15) is 181 Å². The first-order chi connectivity index (χ1) is 33.0. The van der Waals surface area contributed by atoms with E-state index in [4.69, 9.17) is 9.05 Å². The van der Waals surface area contributed by atoms with Crippen LogP contribution in [-0.4, -0.2) is 68.5 Å². The van der Waals surface area contributed by atoms with E-state index in [1.54, 1.807) is 6.08 Å². The average molecular weight is 963 g/mol. The van der Waals surface area contributed by atoms with Gasteiger partial charge in [0, 0.05) is 6.42 Å². The summed E-state index contributed by atoms with van der Waals surface area (Å²) in [6.07, 6.45) is 73.9. The van der Waals surface area contributed by atoms with Crippen molar-refractivity contribution < 1.29 is 32.9 Å². The summed E-state index contributed by atoms with van der Waals surface area (Å²) in [5.41, 5.74) is 0. The Kier molecular flexibility index (Phi) is 46.3. The van der Waals surface area contributed by atoms with Gasteiger partial charge in [0.25, 0.3) is 7.82 Å². The molecule has 0 aromatic rings. The van der Waals surface area contributed by atoms with E-state index in [0.29, 0.717) is 17.4 Å². The zero-order chi connectivity index (χ0) is 49.9. The smallest absolute Gasteiger partial charge is 0.268 e. The minimum Gasteiger partial charge on any atom is -0.756 e. The van der Waals surface area contributed by atoms with Gasteiger partial charge in [0.15, 0.2) is 0 Å². The molecule has 3 atom stereocenters. The summed E-state index contributed by atoms with van der Waals surface area (Å²) < 4.78 is 23.2. The number of aliphatic hydroxyl groups is 1. The van der Waals surface area contributed by atoms with Crippen LogP contribution in [0.5, 0.6) is 0 Å². The summed E-state index contributed by atoms with van der Waals surface area (Å²) in [6.45, 7) is 4.39. The molecule has 0 fully saturated rings. The van der Waals surface area contributed by atoms with E-state index in [0.717, 1.165) is 122 Å². The van der Waals surface area contributed by atoms with Crippen LogP contribution in [0.4, 0.5) is 0 Å². The van der Waals surface area contributed by atoms with Crippen molar-refractivity contribution in [3.05, 3.63) is 134 Å². The maximum Gasteiger partial charge on any atom is 0.268 e. The lowest BCUT2D eigenvalue weighted by Gasteiger charge is -2.29. The van der Waals surface area contributed by atoms with E-state index in [1.807, 2.05) is 27.2 Å². The Bertz CT molecular complexity index is 1560. The number of carbonyl (C=O) groups is 1. The Labute approximate surface area is 417 Å². The van der Waals surface area contributed by atoms with Gasteiger partial charge in [0.2, 0.25) is 5.91 Å². The molecule has 9 heteroatoms. The zero-order valence-corrected chi connectivity index (χ0v) is 44.6. The lowest BCUT2D eigenvalue weighted by atomic mass is 10.0. The molecule has 0 saturated heterocycles. The van der Waals surface area contributed by atoms with Crippen LogP contribution < -0.4 is 10.2 Å². The van der Waals surface area contributed by atoms with Crippen molar-refractivity contribution in [3.63, 3.8) is 0 Å². The first-order valence-electron chi connectivity index (χ1n) is 26.5. The molecule has 0 aliphatic rings. The fraction of sp³-hybridized carbons (Fsp3) is 0.610. The quantitative estimate of drug-likeness (QED) is 0.0272. The molecule has 0 aliphatic carbocycles. The molecule has 8 nitrogen and oxygen atoms in total. The highest BCUT2D eigenvalue weighted by molar-refractivity contribution is 7.45.